The maximum atomic E-state index is 13.4. The molecule has 4 rings (SSSR count). The average molecular weight is 428 g/mol. The molecule has 1 aliphatic heterocycles. The van der Waals surface area contributed by atoms with Gasteiger partial charge in [0.2, 0.25) is 0 Å². The molecular weight excluding hydrogens is 404 g/mol. The Morgan fingerprint density at radius 2 is 1.44 bits per heavy atom. The molecule has 0 radical (unpaired) electrons. The molecule has 0 saturated heterocycles. The number of hydrogen-bond donors (Lipinski definition) is 0. The van der Waals surface area contributed by atoms with Gasteiger partial charge in [0.1, 0.15) is 12.4 Å². The van der Waals surface area contributed by atoms with Crippen LogP contribution in [0.1, 0.15) is 50.8 Å². The number of nitrogens with zero attached hydrogens (tertiary/aromatic N) is 2. The number of rotatable bonds is 8. The topological polar surface area (TPSA) is 66.9 Å². The second-order valence-electron chi connectivity index (χ2n) is 7.52. The molecule has 162 valence electrons. The van der Waals surface area contributed by atoms with Gasteiger partial charge in [-0.1, -0.05) is 43.7 Å². The summed E-state index contributed by atoms with van der Waals surface area (Å²) in [5.41, 5.74) is 1.74. The SMILES string of the molecule is CCCCOc1ccc(C(=O)N(CN2C(=O)c3ccccc3C2=O)c2ccccc2)cc1. The predicted octanol–water partition coefficient (Wildman–Crippen LogP) is 4.77. The summed E-state index contributed by atoms with van der Waals surface area (Å²) < 4.78 is 5.68. The molecule has 0 atom stereocenters. The zero-order chi connectivity index (χ0) is 22.5. The van der Waals surface area contributed by atoms with Crippen LogP contribution in [0.15, 0.2) is 78.9 Å². The summed E-state index contributed by atoms with van der Waals surface area (Å²) in [4.78, 5) is 41.7. The molecule has 3 aromatic carbocycles. The van der Waals surface area contributed by atoms with E-state index in [-0.39, 0.29) is 12.6 Å². The van der Waals surface area contributed by atoms with Gasteiger partial charge in [0, 0.05) is 11.3 Å². The molecule has 32 heavy (non-hydrogen) atoms. The van der Waals surface area contributed by atoms with Crippen LogP contribution in [0.3, 0.4) is 0 Å². The van der Waals surface area contributed by atoms with E-state index in [1.807, 2.05) is 18.2 Å². The molecule has 0 aliphatic carbocycles. The van der Waals surface area contributed by atoms with Crippen LogP contribution in [-0.4, -0.2) is 35.9 Å². The van der Waals surface area contributed by atoms with Crippen LogP contribution in [0.2, 0.25) is 0 Å². The van der Waals surface area contributed by atoms with Crippen LogP contribution in [0.25, 0.3) is 0 Å². The van der Waals surface area contributed by atoms with Crippen LogP contribution in [0, 0.1) is 0 Å². The summed E-state index contributed by atoms with van der Waals surface area (Å²) in [6, 6.07) is 22.6. The first kappa shape index (κ1) is 21.3. The van der Waals surface area contributed by atoms with E-state index in [0.29, 0.717) is 34.7 Å². The molecule has 0 bridgehead atoms. The maximum Gasteiger partial charge on any atom is 0.263 e. The van der Waals surface area contributed by atoms with E-state index in [1.54, 1.807) is 60.7 Å². The van der Waals surface area contributed by atoms with Crippen LogP contribution in [-0.2, 0) is 0 Å². The zero-order valence-electron chi connectivity index (χ0n) is 17.9. The summed E-state index contributed by atoms with van der Waals surface area (Å²) in [5, 5.41) is 0. The van der Waals surface area contributed by atoms with Crippen molar-refractivity contribution in [3.05, 3.63) is 95.6 Å². The fraction of sp³-hybridized carbons (Fsp3) is 0.192. The van der Waals surface area contributed by atoms with Crippen molar-refractivity contribution in [1.29, 1.82) is 0 Å². The number of ether oxygens (including phenoxy) is 1. The number of hydrogen-bond acceptors (Lipinski definition) is 4. The van der Waals surface area contributed by atoms with Crippen molar-refractivity contribution >= 4 is 23.4 Å². The lowest BCUT2D eigenvalue weighted by Crippen LogP contribution is -2.44. The van der Waals surface area contributed by atoms with Crippen LogP contribution in [0.5, 0.6) is 5.75 Å². The monoisotopic (exact) mass is 428 g/mol. The molecule has 6 heteroatoms. The van der Waals surface area contributed by atoms with E-state index in [2.05, 4.69) is 6.92 Å². The molecule has 0 N–H and O–H groups in total. The Morgan fingerprint density at radius 1 is 0.844 bits per heavy atom. The number of para-hydroxylation sites is 1. The lowest BCUT2D eigenvalue weighted by atomic mass is 10.1. The van der Waals surface area contributed by atoms with Gasteiger partial charge in [-0.25, -0.2) is 0 Å². The summed E-state index contributed by atoms with van der Waals surface area (Å²) in [6.45, 7) is 2.54. The van der Waals surface area contributed by atoms with E-state index in [4.69, 9.17) is 4.74 Å². The number of benzene rings is 3. The average Bonchev–Trinajstić information content (AvgIpc) is 3.08. The molecular formula is C26H24N2O4. The van der Waals surface area contributed by atoms with Gasteiger partial charge in [0.15, 0.2) is 0 Å². The first-order valence-electron chi connectivity index (χ1n) is 10.6. The van der Waals surface area contributed by atoms with E-state index in [1.165, 1.54) is 4.90 Å². The summed E-state index contributed by atoms with van der Waals surface area (Å²) in [5.74, 6) is -0.424. The molecule has 6 nitrogen and oxygen atoms in total. The van der Waals surface area contributed by atoms with Crippen molar-refractivity contribution in [2.75, 3.05) is 18.2 Å². The van der Waals surface area contributed by atoms with Crippen molar-refractivity contribution in [2.45, 2.75) is 19.8 Å². The van der Waals surface area contributed by atoms with Gasteiger partial charge < -0.3 is 4.74 Å². The number of imide groups is 1. The highest BCUT2D eigenvalue weighted by Gasteiger charge is 2.37. The third kappa shape index (κ3) is 4.25. The van der Waals surface area contributed by atoms with Crippen molar-refractivity contribution < 1.29 is 19.1 Å². The van der Waals surface area contributed by atoms with Crippen LogP contribution >= 0.6 is 0 Å². The molecule has 1 heterocycles. The number of carbonyl (C=O) groups is 3. The number of unbranched alkanes of at least 4 members (excludes halogenated alkanes) is 1. The smallest absolute Gasteiger partial charge is 0.263 e. The number of anilines is 1. The zero-order valence-corrected chi connectivity index (χ0v) is 17.9. The summed E-state index contributed by atoms with van der Waals surface area (Å²) >= 11 is 0. The van der Waals surface area contributed by atoms with Gasteiger partial charge in [0.05, 0.1) is 17.7 Å². The van der Waals surface area contributed by atoms with E-state index < -0.39 is 11.8 Å². The number of amides is 3. The van der Waals surface area contributed by atoms with Gasteiger partial charge in [-0.3, -0.25) is 24.2 Å². The van der Waals surface area contributed by atoms with Crippen LogP contribution in [0.4, 0.5) is 5.69 Å². The molecule has 0 unspecified atom stereocenters. The van der Waals surface area contributed by atoms with Gasteiger partial charge in [0.25, 0.3) is 17.7 Å². The molecule has 0 fully saturated rings. The quantitative estimate of drug-likeness (QED) is 0.383. The second kappa shape index (κ2) is 9.47. The first-order chi connectivity index (χ1) is 15.6. The lowest BCUT2D eigenvalue weighted by Gasteiger charge is -2.27. The minimum atomic E-state index is -0.404. The summed E-state index contributed by atoms with van der Waals surface area (Å²) in [6.07, 6.45) is 2.00. The number of fused-ring (bicyclic) bond motifs is 1. The van der Waals surface area contributed by atoms with Crippen molar-refractivity contribution in [3.8, 4) is 5.75 Å². The molecule has 0 aromatic heterocycles. The maximum absolute atomic E-state index is 13.4. The van der Waals surface area contributed by atoms with Gasteiger partial charge in [-0.05, 0) is 55.0 Å². The molecule has 0 saturated carbocycles. The highest BCUT2D eigenvalue weighted by atomic mass is 16.5. The fourth-order valence-electron chi connectivity index (χ4n) is 3.56. The Bertz CT molecular complexity index is 1090. The normalized spacial score (nSPS) is 12.6. The Labute approximate surface area is 187 Å². The van der Waals surface area contributed by atoms with E-state index in [9.17, 15) is 14.4 Å². The standard InChI is InChI=1S/C26H24N2O4/c1-2-3-17-32-21-15-13-19(14-16-21)24(29)27(20-9-5-4-6-10-20)18-28-25(30)22-11-7-8-12-23(22)26(28)31/h4-16H,2-3,17-18H2,1H3. The Morgan fingerprint density at radius 3 is 2.03 bits per heavy atom. The number of carbonyl (C=O) groups excluding carboxylic acids is 3. The van der Waals surface area contributed by atoms with Gasteiger partial charge in [-0.15, -0.1) is 0 Å². The Kier molecular flexibility index (Phi) is 6.31. The summed E-state index contributed by atoms with van der Waals surface area (Å²) in [7, 11) is 0. The minimum Gasteiger partial charge on any atom is -0.494 e. The third-order valence-corrected chi connectivity index (χ3v) is 5.34. The van der Waals surface area contributed by atoms with E-state index in [0.717, 1.165) is 17.7 Å². The second-order valence-corrected chi connectivity index (χ2v) is 7.52. The molecule has 3 amide bonds. The predicted molar refractivity (Wildman–Crippen MR) is 122 cm³/mol. The largest absolute Gasteiger partial charge is 0.494 e. The molecule has 1 aliphatic rings. The van der Waals surface area contributed by atoms with E-state index >= 15 is 0 Å². The fourth-order valence-corrected chi connectivity index (χ4v) is 3.56. The highest BCUT2D eigenvalue weighted by Crippen LogP contribution is 2.25. The van der Waals surface area contributed by atoms with Gasteiger partial charge >= 0.3 is 0 Å². The van der Waals surface area contributed by atoms with Gasteiger partial charge in [-0.2, -0.15) is 0 Å². The van der Waals surface area contributed by atoms with Crippen LogP contribution < -0.4 is 9.64 Å². The highest BCUT2D eigenvalue weighted by molar-refractivity contribution is 6.22. The Balaban J connectivity index is 1.59. The van der Waals surface area contributed by atoms with Crippen molar-refractivity contribution in [2.24, 2.45) is 0 Å². The first-order valence-corrected chi connectivity index (χ1v) is 10.6. The van der Waals surface area contributed by atoms with Crippen molar-refractivity contribution in [1.82, 2.24) is 4.90 Å². The minimum absolute atomic E-state index is 0.177. The van der Waals surface area contributed by atoms with Crippen molar-refractivity contribution in [3.63, 3.8) is 0 Å². The molecule has 3 aromatic rings. The third-order valence-electron chi connectivity index (χ3n) is 5.34. The lowest BCUT2D eigenvalue weighted by molar-refractivity contribution is 0.0650. The Hall–Kier alpha value is -3.93. The molecule has 0 spiro atoms.